The van der Waals surface area contributed by atoms with Crippen LogP contribution in [0.15, 0.2) is 23.4 Å². The highest BCUT2D eigenvalue weighted by atomic mass is 35.5. The van der Waals surface area contributed by atoms with Gasteiger partial charge in [-0.05, 0) is 12.1 Å². The van der Waals surface area contributed by atoms with Gasteiger partial charge in [0.05, 0.1) is 5.56 Å². The first kappa shape index (κ1) is 14.1. The Morgan fingerprint density at radius 1 is 1.33 bits per heavy atom. The van der Waals surface area contributed by atoms with E-state index in [0.29, 0.717) is 6.07 Å². The second-order valence-corrected chi connectivity index (χ2v) is 3.67. The van der Waals surface area contributed by atoms with Crippen LogP contribution in [0.2, 0.25) is 0 Å². The Balaban J connectivity index is 0.00000196. The SMILES string of the molecule is Cl.O=S(=O)(O)c1ncccc1C(F)(F)F. The van der Waals surface area contributed by atoms with Crippen molar-refractivity contribution >= 4 is 22.5 Å². The van der Waals surface area contributed by atoms with Crippen molar-refractivity contribution in [2.75, 3.05) is 0 Å². The molecule has 1 aromatic heterocycles. The lowest BCUT2D eigenvalue weighted by atomic mass is 10.3. The van der Waals surface area contributed by atoms with Crippen molar-refractivity contribution in [1.29, 1.82) is 0 Å². The van der Waals surface area contributed by atoms with Crippen molar-refractivity contribution in [2.24, 2.45) is 0 Å². The Morgan fingerprint density at radius 2 is 1.87 bits per heavy atom. The van der Waals surface area contributed by atoms with Gasteiger partial charge in [-0.1, -0.05) is 0 Å². The summed E-state index contributed by atoms with van der Waals surface area (Å²) < 4.78 is 65.9. The highest BCUT2D eigenvalue weighted by molar-refractivity contribution is 7.85. The molecule has 15 heavy (non-hydrogen) atoms. The molecule has 1 heterocycles. The third-order valence-corrected chi connectivity index (χ3v) is 2.13. The second kappa shape index (κ2) is 4.33. The van der Waals surface area contributed by atoms with E-state index in [0.717, 1.165) is 12.3 Å². The lowest BCUT2D eigenvalue weighted by Gasteiger charge is -2.08. The molecule has 1 aromatic rings. The molecule has 0 radical (unpaired) electrons. The third kappa shape index (κ3) is 3.33. The summed E-state index contributed by atoms with van der Waals surface area (Å²) in [5.41, 5.74) is -1.48. The zero-order valence-corrected chi connectivity index (χ0v) is 8.53. The summed E-state index contributed by atoms with van der Waals surface area (Å²) in [4.78, 5) is 2.96. The Hall–Kier alpha value is -0.860. The van der Waals surface area contributed by atoms with E-state index >= 15 is 0 Å². The van der Waals surface area contributed by atoms with Crippen LogP contribution in [-0.4, -0.2) is 18.0 Å². The summed E-state index contributed by atoms with van der Waals surface area (Å²) in [7, 11) is -4.95. The van der Waals surface area contributed by atoms with E-state index in [2.05, 4.69) is 4.98 Å². The van der Waals surface area contributed by atoms with Gasteiger partial charge in [-0.3, -0.25) is 4.55 Å². The van der Waals surface area contributed by atoms with Gasteiger partial charge in [-0.25, -0.2) is 4.98 Å². The highest BCUT2D eigenvalue weighted by Gasteiger charge is 2.37. The number of halogens is 4. The van der Waals surface area contributed by atoms with Crippen LogP contribution in [0.1, 0.15) is 5.56 Å². The molecule has 0 saturated heterocycles. The molecule has 4 nitrogen and oxygen atoms in total. The maximum absolute atomic E-state index is 12.2. The molecule has 0 fully saturated rings. The third-order valence-electron chi connectivity index (χ3n) is 1.32. The quantitative estimate of drug-likeness (QED) is 0.784. The fraction of sp³-hybridized carbons (Fsp3) is 0.167. The van der Waals surface area contributed by atoms with Gasteiger partial charge in [0, 0.05) is 6.20 Å². The molecule has 0 aliphatic heterocycles. The summed E-state index contributed by atoms with van der Waals surface area (Å²) in [6.45, 7) is 0. The van der Waals surface area contributed by atoms with E-state index < -0.39 is 26.9 Å². The first-order valence-electron chi connectivity index (χ1n) is 3.22. The predicted octanol–water partition coefficient (Wildman–Crippen LogP) is 1.77. The zero-order valence-electron chi connectivity index (χ0n) is 6.89. The maximum atomic E-state index is 12.2. The maximum Gasteiger partial charge on any atom is 0.419 e. The molecule has 0 aromatic carbocycles. The molecular formula is C6H5ClF3NO3S. The van der Waals surface area contributed by atoms with Gasteiger partial charge in [-0.15, -0.1) is 12.4 Å². The molecule has 0 spiro atoms. The van der Waals surface area contributed by atoms with Crippen molar-refractivity contribution in [1.82, 2.24) is 4.98 Å². The normalized spacial score (nSPS) is 12.0. The van der Waals surface area contributed by atoms with Crippen molar-refractivity contribution in [3.8, 4) is 0 Å². The highest BCUT2D eigenvalue weighted by Crippen LogP contribution is 2.32. The lowest BCUT2D eigenvalue weighted by molar-refractivity contribution is -0.140. The minimum atomic E-state index is -4.95. The standard InChI is InChI=1S/C6H4F3NO3S.ClH/c7-6(8,9)4-2-1-3-10-5(4)14(11,12)13;/h1-3H,(H,11,12,13);1H. The number of nitrogens with zero attached hydrogens (tertiary/aromatic N) is 1. The summed E-state index contributed by atoms with van der Waals surface area (Å²) in [6.07, 6.45) is -4.02. The number of pyridine rings is 1. The van der Waals surface area contributed by atoms with Crippen molar-refractivity contribution in [2.45, 2.75) is 11.2 Å². The molecule has 1 N–H and O–H groups in total. The van der Waals surface area contributed by atoms with Gasteiger partial charge >= 0.3 is 16.3 Å². The number of rotatable bonds is 1. The molecule has 0 aliphatic rings. The van der Waals surface area contributed by atoms with Crippen molar-refractivity contribution < 1.29 is 26.1 Å². The van der Waals surface area contributed by atoms with Gasteiger partial charge in [0.2, 0.25) is 0 Å². The van der Waals surface area contributed by atoms with Crippen molar-refractivity contribution in [3.05, 3.63) is 23.9 Å². The first-order chi connectivity index (χ1) is 6.23. The van der Waals surface area contributed by atoms with Crippen LogP contribution >= 0.6 is 12.4 Å². The van der Waals surface area contributed by atoms with Crippen LogP contribution in [0.4, 0.5) is 13.2 Å². The topological polar surface area (TPSA) is 67.3 Å². The molecule has 0 unspecified atom stereocenters. The average molecular weight is 264 g/mol. The van der Waals surface area contributed by atoms with Crippen LogP contribution in [0.5, 0.6) is 0 Å². The molecule has 9 heteroatoms. The molecule has 0 bridgehead atoms. The molecule has 0 amide bonds. The Labute approximate surface area is 89.3 Å². The fourth-order valence-electron chi connectivity index (χ4n) is 0.812. The Kier molecular flexibility index (Phi) is 4.08. The monoisotopic (exact) mass is 263 g/mol. The summed E-state index contributed by atoms with van der Waals surface area (Å²) >= 11 is 0. The molecule has 1 rings (SSSR count). The van der Waals surface area contributed by atoms with E-state index in [4.69, 9.17) is 4.55 Å². The van der Waals surface area contributed by atoms with Crippen LogP contribution in [0, 0.1) is 0 Å². The van der Waals surface area contributed by atoms with Gasteiger partial charge in [0.25, 0.3) is 0 Å². The molecule has 0 aliphatic carbocycles. The van der Waals surface area contributed by atoms with Crippen LogP contribution in [0.25, 0.3) is 0 Å². The number of hydrogen-bond donors (Lipinski definition) is 1. The predicted molar refractivity (Wildman–Crippen MR) is 46.3 cm³/mol. The number of alkyl halides is 3. The molecular weight excluding hydrogens is 259 g/mol. The molecule has 86 valence electrons. The largest absolute Gasteiger partial charge is 0.419 e. The van der Waals surface area contributed by atoms with Gasteiger partial charge < -0.3 is 0 Å². The zero-order chi connectivity index (χ0) is 11.0. The molecule has 0 atom stereocenters. The minimum Gasteiger partial charge on any atom is -0.281 e. The van der Waals surface area contributed by atoms with E-state index in [1.807, 2.05) is 0 Å². The Morgan fingerprint density at radius 3 is 2.20 bits per heavy atom. The average Bonchev–Trinajstić information content (AvgIpc) is 2.01. The van der Waals surface area contributed by atoms with Gasteiger partial charge in [0.1, 0.15) is 0 Å². The van der Waals surface area contributed by atoms with Crippen LogP contribution in [0.3, 0.4) is 0 Å². The van der Waals surface area contributed by atoms with Crippen LogP contribution < -0.4 is 0 Å². The fourth-order valence-corrected chi connectivity index (χ4v) is 1.47. The van der Waals surface area contributed by atoms with Gasteiger partial charge in [0.15, 0.2) is 5.03 Å². The van der Waals surface area contributed by atoms with Crippen LogP contribution in [-0.2, 0) is 16.3 Å². The number of hydrogen-bond acceptors (Lipinski definition) is 3. The smallest absolute Gasteiger partial charge is 0.281 e. The Bertz CT molecular complexity index is 445. The van der Waals surface area contributed by atoms with Gasteiger partial charge in [-0.2, -0.15) is 21.6 Å². The lowest BCUT2D eigenvalue weighted by Crippen LogP contribution is -2.14. The van der Waals surface area contributed by atoms with E-state index in [1.165, 1.54) is 0 Å². The van der Waals surface area contributed by atoms with Crippen molar-refractivity contribution in [3.63, 3.8) is 0 Å². The summed E-state index contributed by atoms with van der Waals surface area (Å²) in [5, 5.41) is -1.38. The summed E-state index contributed by atoms with van der Waals surface area (Å²) in [6, 6.07) is 1.45. The second-order valence-electron chi connectivity index (χ2n) is 2.33. The molecule has 0 saturated carbocycles. The van der Waals surface area contributed by atoms with E-state index in [9.17, 15) is 21.6 Å². The van der Waals surface area contributed by atoms with E-state index in [1.54, 1.807) is 0 Å². The first-order valence-corrected chi connectivity index (χ1v) is 4.66. The number of aromatic nitrogens is 1. The minimum absolute atomic E-state index is 0. The summed E-state index contributed by atoms with van der Waals surface area (Å²) in [5.74, 6) is 0. The van der Waals surface area contributed by atoms with E-state index in [-0.39, 0.29) is 12.4 Å².